The van der Waals surface area contributed by atoms with Crippen molar-refractivity contribution < 1.29 is 9.50 Å². The van der Waals surface area contributed by atoms with Gasteiger partial charge in [-0.05, 0) is 36.8 Å². The van der Waals surface area contributed by atoms with Crippen molar-refractivity contribution in [3.63, 3.8) is 0 Å². The summed E-state index contributed by atoms with van der Waals surface area (Å²) >= 11 is 0. The predicted molar refractivity (Wildman–Crippen MR) is 66.6 cm³/mol. The fourth-order valence-electron chi connectivity index (χ4n) is 1.61. The van der Waals surface area contributed by atoms with Crippen molar-refractivity contribution in [2.24, 2.45) is 0 Å². The van der Waals surface area contributed by atoms with Gasteiger partial charge in [0.2, 0.25) is 0 Å². The lowest BCUT2D eigenvalue weighted by atomic mass is 10.2. The number of hydrogen-bond acceptors (Lipinski definition) is 2. The first-order valence-corrected chi connectivity index (χ1v) is 5.44. The minimum absolute atomic E-state index is 0.210. The lowest BCUT2D eigenvalue weighted by molar-refractivity contribution is 0.469. The maximum absolute atomic E-state index is 13.1. The molecule has 2 aromatic carbocycles. The van der Waals surface area contributed by atoms with E-state index in [0.29, 0.717) is 12.1 Å². The summed E-state index contributed by atoms with van der Waals surface area (Å²) in [6, 6.07) is 12.0. The highest BCUT2D eigenvalue weighted by molar-refractivity contribution is 5.47. The van der Waals surface area contributed by atoms with Gasteiger partial charge >= 0.3 is 0 Å². The first kappa shape index (κ1) is 11.5. The predicted octanol–water partition coefficient (Wildman–Crippen LogP) is 3.45. The number of halogens is 1. The van der Waals surface area contributed by atoms with Gasteiger partial charge in [-0.3, -0.25) is 0 Å². The number of hydrogen-bond donors (Lipinski definition) is 2. The summed E-state index contributed by atoms with van der Waals surface area (Å²) in [5, 5.41) is 12.7. The molecule has 3 heteroatoms. The Labute approximate surface area is 99.7 Å². The Bertz CT molecular complexity index is 525. The van der Waals surface area contributed by atoms with Gasteiger partial charge in [0.1, 0.15) is 11.6 Å². The molecule has 0 aliphatic rings. The fourth-order valence-corrected chi connectivity index (χ4v) is 1.61. The van der Waals surface area contributed by atoms with E-state index in [9.17, 15) is 9.50 Å². The molecule has 2 rings (SSSR count). The summed E-state index contributed by atoms with van der Waals surface area (Å²) in [6.07, 6.45) is 0. The van der Waals surface area contributed by atoms with Crippen molar-refractivity contribution in [1.29, 1.82) is 0 Å². The Hall–Kier alpha value is -2.03. The highest BCUT2D eigenvalue weighted by Crippen LogP contribution is 2.19. The van der Waals surface area contributed by atoms with Crippen LogP contribution >= 0.6 is 0 Å². The van der Waals surface area contributed by atoms with Gasteiger partial charge in [0.15, 0.2) is 0 Å². The monoisotopic (exact) mass is 231 g/mol. The number of aromatic hydroxyl groups is 1. The van der Waals surface area contributed by atoms with Crippen LogP contribution in [0.1, 0.15) is 11.1 Å². The average Bonchev–Trinajstić information content (AvgIpc) is 2.32. The first-order chi connectivity index (χ1) is 8.16. The number of phenols is 1. The van der Waals surface area contributed by atoms with Crippen LogP contribution in [0.5, 0.6) is 5.75 Å². The summed E-state index contributed by atoms with van der Waals surface area (Å²) in [5.74, 6) is 0.0527. The van der Waals surface area contributed by atoms with Crippen LogP contribution in [0.2, 0.25) is 0 Å². The lowest BCUT2D eigenvalue weighted by Gasteiger charge is -2.09. The molecular weight excluding hydrogens is 217 g/mol. The van der Waals surface area contributed by atoms with Crippen molar-refractivity contribution in [2.75, 3.05) is 5.32 Å². The Balaban J connectivity index is 2.08. The molecule has 0 aromatic heterocycles. The molecule has 0 spiro atoms. The second kappa shape index (κ2) is 4.87. The molecule has 0 saturated heterocycles. The molecule has 0 atom stereocenters. The topological polar surface area (TPSA) is 32.3 Å². The summed E-state index contributed by atoms with van der Waals surface area (Å²) < 4.78 is 13.1. The summed E-state index contributed by atoms with van der Waals surface area (Å²) in [5.41, 5.74) is 2.26. The molecule has 0 amide bonds. The SMILES string of the molecule is Cc1cc(NCc2ccccc2O)ccc1F. The van der Waals surface area contributed by atoms with E-state index in [1.54, 1.807) is 31.2 Å². The smallest absolute Gasteiger partial charge is 0.126 e. The van der Waals surface area contributed by atoms with Crippen molar-refractivity contribution in [2.45, 2.75) is 13.5 Å². The van der Waals surface area contributed by atoms with E-state index in [0.717, 1.165) is 11.3 Å². The zero-order valence-corrected chi connectivity index (χ0v) is 9.57. The van der Waals surface area contributed by atoms with Crippen LogP contribution in [0, 0.1) is 12.7 Å². The zero-order chi connectivity index (χ0) is 12.3. The fraction of sp³-hybridized carbons (Fsp3) is 0.143. The minimum Gasteiger partial charge on any atom is -0.508 e. The molecule has 0 aliphatic heterocycles. The summed E-state index contributed by atoms with van der Waals surface area (Å²) in [4.78, 5) is 0. The number of aryl methyl sites for hydroxylation is 1. The molecule has 2 aromatic rings. The third kappa shape index (κ3) is 2.75. The van der Waals surface area contributed by atoms with Crippen LogP contribution in [0.3, 0.4) is 0 Å². The molecule has 0 heterocycles. The van der Waals surface area contributed by atoms with E-state index < -0.39 is 0 Å². The molecule has 0 bridgehead atoms. The number of anilines is 1. The van der Waals surface area contributed by atoms with Crippen LogP contribution < -0.4 is 5.32 Å². The standard InChI is InChI=1S/C14H14FNO/c1-10-8-12(6-7-13(10)15)16-9-11-4-2-3-5-14(11)17/h2-8,16-17H,9H2,1H3. The van der Waals surface area contributed by atoms with Crippen LogP contribution in [-0.4, -0.2) is 5.11 Å². The van der Waals surface area contributed by atoms with E-state index >= 15 is 0 Å². The van der Waals surface area contributed by atoms with E-state index in [4.69, 9.17) is 0 Å². The summed E-state index contributed by atoms with van der Waals surface area (Å²) in [7, 11) is 0. The van der Waals surface area contributed by atoms with E-state index in [-0.39, 0.29) is 11.6 Å². The van der Waals surface area contributed by atoms with Crippen molar-refractivity contribution in [3.8, 4) is 5.75 Å². The lowest BCUT2D eigenvalue weighted by Crippen LogP contribution is -2.00. The van der Waals surface area contributed by atoms with Gasteiger partial charge in [-0.2, -0.15) is 0 Å². The van der Waals surface area contributed by atoms with Gasteiger partial charge in [-0.15, -0.1) is 0 Å². The van der Waals surface area contributed by atoms with E-state index in [1.807, 2.05) is 12.1 Å². The van der Waals surface area contributed by atoms with Crippen LogP contribution in [0.15, 0.2) is 42.5 Å². The van der Waals surface area contributed by atoms with E-state index in [2.05, 4.69) is 5.32 Å². The van der Waals surface area contributed by atoms with Gasteiger partial charge < -0.3 is 10.4 Å². The molecule has 0 unspecified atom stereocenters. The molecule has 0 aliphatic carbocycles. The normalized spacial score (nSPS) is 10.2. The van der Waals surface area contributed by atoms with Crippen LogP contribution in [-0.2, 0) is 6.54 Å². The number of para-hydroxylation sites is 1. The quantitative estimate of drug-likeness (QED) is 0.848. The first-order valence-electron chi connectivity index (χ1n) is 5.44. The summed E-state index contributed by atoms with van der Waals surface area (Å²) in [6.45, 7) is 2.23. The Morgan fingerprint density at radius 2 is 1.94 bits per heavy atom. The maximum atomic E-state index is 13.1. The van der Waals surface area contributed by atoms with Gasteiger partial charge in [0, 0.05) is 17.8 Å². The van der Waals surface area contributed by atoms with Crippen LogP contribution in [0.4, 0.5) is 10.1 Å². The molecular formula is C14H14FNO. The van der Waals surface area contributed by atoms with Gasteiger partial charge in [-0.25, -0.2) is 4.39 Å². The maximum Gasteiger partial charge on any atom is 0.126 e. The minimum atomic E-state index is -0.210. The number of benzene rings is 2. The third-order valence-corrected chi connectivity index (χ3v) is 2.63. The molecule has 0 saturated carbocycles. The Morgan fingerprint density at radius 1 is 1.18 bits per heavy atom. The van der Waals surface area contributed by atoms with Gasteiger partial charge in [0.05, 0.1) is 0 Å². The molecule has 2 N–H and O–H groups in total. The van der Waals surface area contributed by atoms with Gasteiger partial charge in [0.25, 0.3) is 0 Å². The van der Waals surface area contributed by atoms with E-state index in [1.165, 1.54) is 6.07 Å². The number of nitrogens with one attached hydrogen (secondary N) is 1. The molecule has 2 nitrogen and oxygen atoms in total. The largest absolute Gasteiger partial charge is 0.508 e. The van der Waals surface area contributed by atoms with Crippen molar-refractivity contribution in [3.05, 3.63) is 59.4 Å². The Kier molecular flexibility index (Phi) is 3.28. The molecule has 0 fully saturated rings. The number of phenolic OH excluding ortho intramolecular Hbond substituents is 1. The average molecular weight is 231 g/mol. The highest BCUT2D eigenvalue weighted by Gasteiger charge is 2.01. The molecule has 88 valence electrons. The van der Waals surface area contributed by atoms with Crippen molar-refractivity contribution >= 4 is 5.69 Å². The number of rotatable bonds is 3. The second-order valence-electron chi connectivity index (χ2n) is 3.95. The highest BCUT2D eigenvalue weighted by atomic mass is 19.1. The zero-order valence-electron chi connectivity index (χ0n) is 9.57. The second-order valence-corrected chi connectivity index (χ2v) is 3.95. The molecule has 0 radical (unpaired) electrons. The third-order valence-electron chi connectivity index (χ3n) is 2.63. The van der Waals surface area contributed by atoms with Crippen LogP contribution in [0.25, 0.3) is 0 Å². The van der Waals surface area contributed by atoms with Crippen molar-refractivity contribution in [1.82, 2.24) is 0 Å². The van der Waals surface area contributed by atoms with Gasteiger partial charge in [-0.1, -0.05) is 18.2 Å². The molecule has 17 heavy (non-hydrogen) atoms. The Morgan fingerprint density at radius 3 is 2.65 bits per heavy atom.